The molecule has 0 heterocycles. The largest absolute Gasteiger partial charge is 0.393 e. The van der Waals surface area contributed by atoms with E-state index in [1.807, 2.05) is 0 Å². The number of sulfonamides is 1. The summed E-state index contributed by atoms with van der Waals surface area (Å²) >= 11 is 0. The van der Waals surface area contributed by atoms with Gasteiger partial charge in [-0.2, -0.15) is 0 Å². The van der Waals surface area contributed by atoms with Crippen LogP contribution in [-0.2, 0) is 10.0 Å². The number of hydrogen-bond acceptors (Lipinski definition) is 5. The molecule has 1 aliphatic rings. The average Bonchev–Trinajstić information content (AvgIpc) is 2.90. The summed E-state index contributed by atoms with van der Waals surface area (Å²) in [6.45, 7) is 0.471. The molecule has 0 bridgehead atoms. The Morgan fingerprint density at radius 1 is 1.38 bits per heavy atom. The van der Waals surface area contributed by atoms with Crippen LogP contribution in [0.25, 0.3) is 0 Å². The van der Waals surface area contributed by atoms with E-state index in [1.165, 1.54) is 17.4 Å². The summed E-state index contributed by atoms with van der Waals surface area (Å²) in [6.07, 6.45) is 4.37. The van der Waals surface area contributed by atoms with Crippen molar-refractivity contribution in [2.24, 2.45) is 5.92 Å². The Morgan fingerprint density at radius 3 is 2.52 bits per heavy atom. The number of nitrogen functional groups attached to an aromatic ring is 1. The molecule has 0 aromatic heterocycles. The molecule has 0 amide bonds. The van der Waals surface area contributed by atoms with E-state index < -0.39 is 14.9 Å². The molecule has 1 saturated carbocycles. The zero-order chi connectivity index (χ0) is 15.6. The van der Waals surface area contributed by atoms with Gasteiger partial charge in [-0.15, -0.1) is 0 Å². The molecule has 0 atom stereocenters. The van der Waals surface area contributed by atoms with Crippen LogP contribution in [0.2, 0.25) is 0 Å². The van der Waals surface area contributed by atoms with Gasteiger partial charge in [-0.3, -0.25) is 10.1 Å². The quantitative estimate of drug-likeness (QED) is 0.508. The van der Waals surface area contributed by atoms with Crippen LogP contribution in [0.1, 0.15) is 25.7 Å². The molecule has 1 aliphatic carbocycles. The van der Waals surface area contributed by atoms with Crippen molar-refractivity contribution in [3.8, 4) is 0 Å². The van der Waals surface area contributed by atoms with E-state index in [-0.39, 0.29) is 16.3 Å². The molecule has 1 aromatic rings. The van der Waals surface area contributed by atoms with Crippen molar-refractivity contribution in [3.05, 3.63) is 28.3 Å². The van der Waals surface area contributed by atoms with E-state index >= 15 is 0 Å². The van der Waals surface area contributed by atoms with Gasteiger partial charge in [-0.05, 0) is 30.9 Å². The number of hydrogen-bond donors (Lipinski definition) is 1. The number of nitro benzene ring substituents is 1. The fourth-order valence-electron chi connectivity index (χ4n) is 2.69. The Hall–Kier alpha value is -1.67. The second-order valence-corrected chi connectivity index (χ2v) is 7.46. The van der Waals surface area contributed by atoms with Gasteiger partial charge >= 0.3 is 0 Å². The Kier molecular flexibility index (Phi) is 4.48. The Bertz CT molecular complexity index is 639. The molecule has 1 aromatic carbocycles. The van der Waals surface area contributed by atoms with Crippen LogP contribution >= 0.6 is 0 Å². The molecule has 7 nitrogen and oxygen atoms in total. The van der Waals surface area contributed by atoms with Gasteiger partial charge in [0.2, 0.25) is 10.0 Å². The van der Waals surface area contributed by atoms with E-state index in [2.05, 4.69) is 0 Å². The smallest absolute Gasteiger partial charge is 0.292 e. The molecule has 116 valence electrons. The Morgan fingerprint density at radius 2 is 2.00 bits per heavy atom. The number of benzene rings is 1. The van der Waals surface area contributed by atoms with Gasteiger partial charge in [-0.25, -0.2) is 12.7 Å². The molecule has 2 rings (SSSR count). The van der Waals surface area contributed by atoms with Crippen molar-refractivity contribution in [2.75, 3.05) is 19.3 Å². The molecule has 2 N–H and O–H groups in total. The molecule has 8 heteroatoms. The summed E-state index contributed by atoms with van der Waals surface area (Å²) in [7, 11) is -2.13. The second kappa shape index (κ2) is 5.98. The number of nitro groups is 1. The standard InChI is InChI=1S/C13H19N3O4S/c1-15(9-10-4-2-3-5-10)21(19,20)11-6-7-13(16(17)18)12(14)8-11/h6-8,10H,2-5,9,14H2,1H3. The second-order valence-electron chi connectivity index (χ2n) is 5.41. The lowest BCUT2D eigenvalue weighted by molar-refractivity contribution is -0.383. The van der Waals surface area contributed by atoms with Crippen molar-refractivity contribution in [1.82, 2.24) is 4.31 Å². The minimum absolute atomic E-state index is 0.00824. The molecular formula is C13H19N3O4S. The van der Waals surface area contributed by atoms with Crippen LogP contribution in [0, 0.1) is 16.0 Å². The predicted molar refractivity (Wildman–Crippen MR) is 79.3 cm³/mol. The highest BCUT2D eigenvalue weighted by Crippen LogP contribution is 2.29. The molecule has 0 radical (unpaired) electrons. The van der Waals surface area contributed by atoms with Crippen LogP contribution in [-0.4, -0.2) is 31.2 Å². The summed E-state index contributed by atoms with van der Waals surface area (Å²) in [4.78, 5) is 10.1. The summed E-state index contributed by atoms with van der Waals surface area (Å²) in [5, 5.41) is 10.7. The summed E-state index contributed by atoms with van der Waals surface area (Å²) in [5.41, 5.74) is 5.13. The highest BCUT2D eigenvalue weighted by Gasteiger charge is 2.26. The summed E-state index contributed by atoms with van der Waals surface area (Å²) < 4.78 is 26.2. The first kappa shape index (κ1) is 15.7. The number of nitrogens with zero attached hydrogens (tertiary/aromatic N) is 2. The minimum Gasteiger partial charge on any atom is -0.393 e. The summed E-state index contributed by atoms with van der Waals surface area (Å²) in [5.74, 6) is 0.389. The maximum absolute atomic E-state index is 12.5. The van der Waals surface area contributed by atoms with E-state index in [1.54, 1.807) is 0 Å². The van der Waals surface area contributed by atoms with E-state index in [4.69, 9.17) is 5.73 Å². The third-order valence-electron chi connectivity index (χ3n) is 3.89. The van der Waals surface area contributed by atoms with E-state index in [9.17, 15) is 18.5 Å². The number of rotatable bonds is 5. The highest BCUT2D eigenvalue weighted by atomic mass is 32.2. The molecular weight excluding hydrogens is 294 g/mol. The average molecular weight is 313 g/mol. The molecule has 0 aliphatic heterocycles. The molecule has 1 fully saturated rings. The third kappa shape index (κ3) is 3.33. The van der Waals surface area contributed by atoms with Gasteiger partial charge < -0.3 is 5.73 Å². The Labute approximate surface area is 123 Å². The molecule has 21 heavy (non-hydrogen) atoms. The monoisotopic (exact) mass is 313 g/mol. The van der Waals surface area contributed by atoms with Crippen LogP contribution < -0.4 is 5.73 Å². The highest BCUT2D eigenvalue weighted by molar-refractivity contribution is 7.89. The molecule has 0 saturated heterocycles. The zero-order valence-corrected chi connectivity index (χ0v) is 12.7. The predicted octanol–water partition coefficient (Wildman–Crippen LogP) is 1.99. The maximum Gasteiger partial charge on any atom is 0.292 e. The van der Waals surface area contributed by atoms with E-state index in [0.29, 0.717) is 12.5 Å². The lowest BCUT2D eigenvalue weighted by atomic mass is 10.1. The van der Waals surface area contributed by atoms with Gasteiger partial charge in [-0.1, -0.05) is 12.8 Å². The van der Waals surface area contributed by atoms with Crippen molar-refractivity contribution >= 4 is 21.4 Å². The van der Waals surface area contributed by atoms with Crippen LogP contribution in [0.3, 0.4) is 0 Å². The van der Waals surface area contributed by atoms with Gasteiger partial charge in [0.05, 0.1) is 9.82 Å². The molecule has 0 unspecified atom stereocenters. The van der Waals surface area contributed by atoms with Crippen LogP contribution in [0.5, 0.6) is 0 Å². The van der Waals surface area contributed by atoms with Crippen LogP contribution in [0.4, 0.5) is 11.4 Å². The van der Waals surface area contributed by atoms with Crippen molar-refractivity contribution in [2.45, 2.75) is 30.6 Å². The number of nitrogens with two attached hydrogens (primary N) is 1. The molecule has 0 spiro atoms. The van der Waals surface area contributed by atoms with Gasteiger partial charge in [0.25, 0.3) is 5.69 Å². The zero-order valence-electron chi connectivity index (χ0n) is 11.9. The SMILES string of the molecule is CN(CC1CCCC1)S(=O)(=O)c1ccc([N+](=O)[O-])c(N)c1. The van der Waals surface area contributed by atoms with Gasteiger partial charge in [0.1, 0.15) is 5.69 Å². The maximum atomic E-state index is 12.5. The topological polar surface area (TPSA) is 107 Å². The van der Waals surface area contributed by atoms with Crippen molar-refractivity contribution in [3.63, 3.8) is 0 Å². The van der Waals surface area contributed by atoms with E-state index in [0.717, 1.165) is 37.8 Å². The van der Waals surface area contributed by atoms with Crippen molar-refractivity contribution < 1.29 is 13.3 Å². The lowest BCUT2D eigenvalue weighted by Crippen LogP contribution is -2.31. The van der Waals surface area contributed by atoms with Gasteiger partial charge in [0, 0.05) is 19.7 Å². The first-order chi connectivity index (χ1) is 9.82. The van der Waals surface area contributed by atoms with Crippen molar-refractivity contribution in [1.29, 1.82) is 0 Å². The van der Waals surface area contributed by atoms with Crippen LogP contribution in [0.15, 0.2) is 23.1 Å². The van der Waals surface area contributed by atoms with Gasteiger partial charge in [0.15, 0.2) is 0 Å². The first-order valence-corrected chi connectivity index (χ1v) is 8.26. The summed E-state index contributed by atoms with van der Waals surface area (Å²) in [6, 6.07) is 3.51. The Balaban J connectivity index is 2.22. The lowest BCUT2D eigenvalue weighted by Gasteiger charge is -2.20. The third-order valence-corrected chi connectivity index (χ3v) is 5.71. The fraction of sp³-hybridized carbons (Fsp3) is 0.538. The number of anilines is 1. The first-order valence-electron chi connectivity index (χ1n) is 6.82. The normalized spacial score (nSPS) is 16.5. The fourth-order valence-corrected chi connectivity index (χ4v) is 3.98. The minimum atomic E-state index is -3.66.